The number of imidazole rings is 1. The molecule has 0 aromatic carbocycles. The number of nitrogen functional groups attached to an aromatic ring is 1. The first-order valence-corrected chi connectivity index (χ1v) is 4.97. The van der Waals surface area contributed by atoms with E-state index in [0.717, 1.165) is 5.69 Å². The van der Waals surface area contributed by atoms with Gasteiger partial charge in [-0.15, -0.1) is 0 Å². The lowest BCUT2D eigenvalue weighted by atomic mass is 10.3. The van der Waals surface area contributed by atoms with E-state index in [4.69, 9.17) is 5.84 Å². The zero-order valence-electron chi connectivity index (χ0n) is 8.97. The van der Waals surface area contributed by atoms with Crippen LogP contribution in [0.2, 0.25) is 0 Å². The van der Waals surface area contributed by atoms with E-state index in [1.165, 1.54) is 6.20 Å². The highest BCUT2D eigenvalue weighted by molar-refractivity contribution is 5.92. The van der Waals surface area contributed by atoms with Gasteiger partial charge in [-0.2, -0.15) is 0 Å². The van der Waals surface area contributed by atoms with Crippen LogP contribution in [0.3, 0.4) is 0 Å². The van der Waals surface area contributed by atoms with E-state index in [1.54, 1.807) is 24.7 Å². The number of anilines is 1. The van der Waals surface area contributed by atoms with Gasteiger partial charge in [-0.1, -0.05) is 0 Å². The maximum absolute atomic E-state index is 11.7. The Morgan fingerprint density at radius 2 is 2.29 bits per heavy atom. The molecule has 2 aromatic heterocycles. The molecule has 2 aromatic rings. The summed E-state index contributed by atoms with van der Waals surface area (Å²) in [6.45, 7) is 0.386. The molecule has 17 heavy (non-hydrogen) atoms. The number of hydrogen-bond donors (Lipinski definition) is 4. The highest BCUT2D eigenvalue weighted by Gasteiger charge is 2.06. The lowest BCUT2D eigenvalue weighted by Gasteiger charge is -2.04. The molecule has 88 valence electrons. The molecule has 0 aliphatic heterocycles. The molecular formula is C10H12N6O. The third-order valence-corrected chi connectivity index (χ3v) is 2.16. The van der Waals surface area contributed by atoms with Crippen molar-refractivity contribution in [2.75, 3.05) is 5.43 Å². The minimum Gasteiger partial charge on any atom is -0.347 e. The Labute approximate surface area is 97.4 Å². The number of amides is 1. The van der Waals surface area contributed by atoms with Gasteiger partial charge in [-0.3, -0.25) is 10.6 Å². The molecule has 1 amide bonds. The van der Waals surface area contributed by atoms with Crippen molar-refractivity contribution in [3.8, 4) is 0 Å². The molecule has 0 saturated carbocycles. The lowest BCUT2D eigenvalue weighted by molar-refractivity contribution is 0.0945. The van der Waals surface area contributed by atoms with Gasteiger partial charge in [0.05, 0.1) is 30.5 Å². The number of nitrogens with two attached hydrogens (primary N) is 1. The number of rotatable bonds is 4. The molecule has 0 unspecified atom stereocenters. The topological polar surface area (TPSA) is 109 Å². The SMILES string of the molecule is NNc1ccc(C(=O)NCc2cnc[nH]2)nc1. The van der Waals surface area contributed by atoms with Crippen molar-refractivity contribution in [2.24, 2.45) is 5.84 Å². The molecule has 0 atom stereocenters. The van der Waals surface area contributed by atoms with Crippen molar-refractivity contribution in [3.63, 3.8) is 0 Å². The van der Waals surface area contributed by atoms with Gasteiger partial charge in [0, 0.05) is 6.20 Å². The third kappa shape index (κ3) is 2.79. The molecule has 7 nitrogen and oxygen atoms in total. The summed E-state index contributed by atoms with van der Waals surface area (Å²) in [6.07, 6.45) is 4.70. The Morgan fingerprint density at radius 1 is 1.41 bits per heavy atom. The van der Waals surface area contributed by atoms with E-state index >= 15 is 0 Å². The minimum absolute atomic E-state index is 0.247. The lowest BCUT2D eigenvalue weighted by Crippen LogP contribution is -2.24. The van der Waals surface area contributed by atoms with Gasteiger partial charge >= 0.3 is 0 Å². The van der Waals surface area contributed by atoms with Gasteiger partial charge in [0.2, 0.25) is 0 Å². The van der Waals surface area contributed by atoms with E-state index in [-0.39, 0.29) is 5.91 Å². The number of nitrogens with zero attached hydrogens (tertiary/aromatic N) is 2. The van der Waals surface area contributed by atoms with Crippen molar-refractivity contribution in [3.05, 3.63) is 42.2 Å². The summed E-state index contributed by atoms with van der Waals surface area (Å²) in [5.41, 5.74) is 4.26. The number of hydrogen-bond acceptors (Lipinski definition) is 5. The molecule has 0 aliphatic rings. The van der Waals surface area contributed by atoms with Gasteiger partial charge in [-0.25, -0.2) is 9.97 Å². The van der Waals surface area contributed by atoms with Crippen molar-refractivity contribution < 1.29 is 4.79 Å². The van der Waals surface area contributed by atoms with Crippen LogP contribution in [0.15, 0.2) is 30.9 Å². The summed E-state index contributed by atoms with van der Waals surface area (Å²) in [5, 5.41) is 2.71. The van der Waals surface area contributed by atoms with Crippen LogP contribution in [0.4, 0.5) is 5.69 Å². The normalized spacial score (nSPS) is 9.94. The van der Waals surface area contributed by atoms with Crippen molar-refractivity contribution in [1.82, 2.24) is 20.3 Å². The van der Waals surface area contributed by atoms with Crippen LogP contribution in [-0.2, 0) is 6.54 Å². The number of hydrazine groups is 1. The average Bonchev–Trinajstić information content (AvgIpc) is 2.89. The number of nitrogens with one attached hydrogen (secondary N) is 3. The first kappa shape index (κ1) is 11.1. The minimum atomic E-state index is -0.247. The molecule has 0 saturated heterocycles. The molecule has 0 bridgehead atoms. The van der Waals surface area contributed by atoms with Crippen molar-refractivity contribution in [1.29, 1.82) is 0 Å². The molecular weight excluding hydrogens is 220 g/mol. The highest BCUT2D eigenvalue weighted by atomic mass is 16.1. The monoisotopic (exact) mass is 232 g/mol. The summed E-state index contributed by atoms with van der Waals surface area (Å²) in [6, 6.07) is 3.27. The zero-order valence-corrected chi connectivity index (χ0v) is 8.97. The van der Waals surface area contributed by atoms with Crippen LogP contribution in [0, 0.1) is 0 Å². The largest absolute Gasteiger partial charge is 0.347 e. The molecule has 2 rings (SSSR count). The highest BCUT2D eigenvalue weighted by Crippen LogP contribution is 2.04. The fourth-order valence-corrected chi connectivity index (χ4v) is 1.26. The van der Waals surface area contributed by atoms with E-state index in [0.29, 0.717) is 17.9 Å². The predicted octanol–water partition coefficient (Wildman–Crippen LogP) is 0.0203. The second-order valence-corrected chi connectivity index (χ2v) is 3.34. The molecule has 0 radical (unpaired) electrons. The average molecular weight is 232 g/mol. The van der Waals surface area contributed by atoms with E-state index in [1.807, 2.05) is 0 Å². The second-order valence-electron chi connectivity index (χ2n) is 3.34. The predicted molar refractivity (Wildman–Crippen MR) is 61.8 cm³/mol. The van der Waals surface area contributed by atoms with Crippen molar-refractivity contribution >= 4 is 11.6 Å². The number of aromatic nitrogens is 3. The fraction of sp³-hybridized carbons (Fsp3) is 0.100. The zero-order chi connectivity index (χ0) is 12.1. The third-order valence-electron chi connectivity index (χ3n) is 2.16. The van der Waals surface area contributed by atoms with Crippen molar-refractivity contribution in [2.45, 2.75) is 6.54 Å². The quantitative estimate of drug-likeness (QED) is 0.439. The van der Waals surface area contributed by atoms with E-state index < -0.39 is 0 Å². The Bertz CT molecular complexity index is 478. The molecule has 7 heteroatoms. The molecule has 0 fully saturated rings. The van der Waals surface area contributed by atoms with Gasteiger partial charge < -0.3 is 15.7 Å². The van der Waals surface area contributed by atoms with Crippen LogP contribution in [0.1, 0.15) is 16.2 Å². The summed E-state index contributed by atoms with van der Waals surface area (Å²) >= 11 is 0. The summed E-state index contributed by atoms with van der Waals surface area (Å²) in [5.74, 6) is 4.95. The number of aromatic amines is 1. The van der Waals surface area contributed by atoms with Crippen LogP contribution in [0.25, 0.3) is 0 Å². The Morgan fingerprint density at radius 3 is 2.88 bits per heavy atom. The molecule has 5 N–H and O–H groups in total. The van der Waals surface area contributed by atoms with Crippen LogP contribution < -0.4 is 16.6 Å². The fourth-order valence-electron chi connectivity index (χ4n) is 1.26. The summed E-state index contributed by atoms with van der Waals surface area (Å²) in [4.78, 5) is 22.4. The van der Waals surface area contributed by atoms with Gasteiger partial charge in [0.1, 0.15) is 5.69 Å². The van der Waals surface area contributed by atoms with Crippen LogP contribution in [0.5, 0.6) is 0 Å². The molecule has 0 spiro atoms. The van der Waals surface area contributed by atoms with Gasteiger partial charge in [0.15, 0.2) is 0 Å². The first-order valence-electron chi connectivity index (χ1n) is 4.97. The summed E-state index contributed by atoms with van der Waals surface area (Å²) in [7, 11) is 0. The van der Waals surface area contributed by atoms with E-state index in [9.17, 15) is 4.79 Å². The number of carbonyl (C=O) groups excluding carboxylic acids is 1. The second kappa shape index (κ2) is 5.08. The van der Waals surface area contributed by atoms with Gasteiger partial charge in [0.25, 0.3) is 5.91 Å². The Kier molecular flexibility index (Phi) is 3.31. The maximum atomic E-state index is 11.7. The van der Waals surface area contributed by atoms with Gasteiger partial charge in [-0.05, 0) is 12.1 Å². The number of H-pyrrole nitrogens is 1. The molecule has 0 aliphatic carbocycles. The van der Waals surface area contributed by atoms with Crippen LogP contribution in [-0.4, -0.2) is 20.9 Å². The molecule has 2 heterocycles. The van der Waals surface area contributed by atoms with E-state index in [2.05, 4.69) is 25.7 Å². The van der Waals surface area contributed by atoms with Crippen LogP contribution >= 0.6 is 0 Å². The smallest absolute Gasteiger partial charge is 0.270 e. The number of pyridine rings is 1. The standard InChI is InChI=1S/C10H12N6O/c11-16-7-1-2-9(13-4-7)10(17)14-5-8-3-12-6-15-8/h1-4,6,16H,5,11H2,(H,12,15)(H,14,17). The Balaban J connectivity index is 1.95. The Hall–Kier alpha value is -2.41. The maximum Gasteiger partial charge on any atom is 0.270 e. The first-order chi connectivity index (χ1) is 8.29. The summed E-state index contributed by atoms with van der Waals surface area (Å²) < 4.78 is 0. The number of carbonyl (C=O) groups is 1.